The standard InChI is InChI=1S/C16H11BrN4/c17-14-8-11(7-12-3-1-2-4-13(12)14)9-21-10-20-15-16(21)19-6-5-18-15/h1-8,10H,9H2. The first kappa shape index (κ1) is 12.5. The first-order valence-electron chi connectivity index (χ1n) is 6.60. The van der Waals surface area contributed by atoms with Crippen LogP contribution in [0.5, 0.6) is 0 Å². The van der Waals surface area contributed by atoms with Crippen LogP contribution in [-0.2, 0) is 6.54 Å². The fraction of sp³-hybridized carbons (Fsp3) is 0.0625. The van der Waals surface area contributed by atoms with E-state index in [1.54, 1.807) is 18.7 Å². The molecule has 0 fully saturated rings. The highest BCUT2D eigenvalue weighted by molar-refractivity contribution is 9.10. The summed E-state index contributed by atoms with van der Waals surface area (Å²) in [6, 6.07) is 12.7. The van der Waals surface area contributed by atoms with Gasteiger partial charge in [-0.05, 0) is 28.5 Å². The molecule has 0 aliphatic rings. The molecule has 2 aromatic carbocycles. The van der Waals surface area contributed by atoms with Crippen molar-refractivity contribution in [1.29, 1.82) is 0 Å². The molecule has 0 aliphatic heterocycles. The normalized spacial score (nSPS) is 11.3. The summed E-state index contributed by atoms with van der Waals surface area (Å²) in [6.45, 7) is 0.721. The average molecular weight is 339 g/mol. The summed E-state index contributed by atoms with van der Waals surface area (Å²) in [5.41, 5.74) is 2.68. The second kappa shape index (κ2) is 4.93. The summed E-state index contributed by atoms with van der Waals surface area (Å²) in [5.74, 6) is 0. The summed E-state index contributed by atoms with van der Waals surface area (Å²) in [4.78, 5) is 12.8. The number of halogens is 1. The van der Waals surface area contributed by atoms with E-state index < -0.39 is 0 Å². The van der Waals surface area contributed by atoms with E-state index in [2.05, 4.69) is 61.2 Å². The molecule has 21 heavy (non-hydrogen) atoms. The molecule has 0 N–H and O–H groups in total. The van der Waals surface area contributed by atoms with Gasteiger partial charge < -0.3 is 4.57 Å². The van der Waals surface area contributed by atoms with Crippen molar-refractivity contribution in [2.75, 3.05) is 0 Å². The Bertz CT molecular complexity index is 945. The number of benzene rings is 2. The van der Waals surface area contributed by atoms with Crippen LogP contribution >= 0.6 is 15.9 Å². The second-order valence-electron chi connectivity index (χ2n) is 4.87. The van der Waals surface area contributed by atoms with Crippen LogP contribution in [0.1, 0.15) is 5.56 Å². The molecule has 102 valence electrons. The third-order valence-electron chi connectivity index (χ3n) is 3.48. The Labute approximate surface area is 129 Å². The maximum absolute atomic E-state index is 4.35. The molecule has 0 saturated carbocycles. The fourth-order valence-corrected chi connectivity index (χ4v) is 3.18. The van der Waals surface area contributed by atoms with Crippen LogP contribution in [-0.4, -0.2) is 19.5 Å². The predicted octanol–water partition coefficient (Wildman–Crippen LogP) is 3.79. The summed E-state index contributed by atoms with van der Waals surface area (Å²) >= 11 is 3.65. The van der Waals surface area contributed by atoms with Gasteiger partial charge in [-0.1, -0.05) is 40.2 Å². The van der Waals surface area contributed by atoms with E-state index in [0.717, 1.165) is 16.7 Å². The molecule has 0 aliphatic carbocycles. The molecular weight excluding hydrogens is 328 g/mol. The van der Waals surface area contributed by atoms with E-state index in [4.69, 9.17) is 0 Å². The fourth-order valence-electron chi connectivity index (χ4n) is 2.52. The Morgan fingerprint density at radius 3 is 2.81 bits per heavy atom. The highest BCUT2D eigenvalue weighted by atomic mass is 79.9. The van der Waals surface area contributed by atoms with Gasteiger partial charge in [0.25, 0.3) is 0 Å². The second-order valence-corrected chi connectivity index (χ2v) is 5.73. The van der Waals surface area contributed by atoms with Crippen LogP contribution in [0.15, 0.2) is 59.6 Å². The Kier molecular flexibility index (Phi) is 2.93. The van der Waals surface area contributed by atoms with Crippen molar-refractivity contribution in [2.24, 2.45) is 0 Å². The largest absolute Gasteiger partial charge is 0.309 e. The summed E-state index contributed by atoms with van der Waals surface area (Å²) in [6.07, 6.45) is 5.14. The van der Waals surface area contributed by atoms with Gasteiger partial charge in [0.05, 0.1) is 12.9 Å². The van der Waals surface area contributed by atoms with Crippen molar-refractivity contribution < 1.29 is 0 Å². The summed E-state index contributed by atoms with van der Waals surface area (Å²) in [5, 5.41) is 2.44. The molecule has 0 unspecified atom stereocenters. The molecule has 2 aromatic heterocycles. The van der Waals surface area contributed by atoms with Gasteiger partial charge in [0, 0.05) is 16.9 Å². The highest BCUT2D eigenvalue weighted by Gasteiger charge is 2.07. The van der Waals surface area contributed by atoms with Gasteiger partial charge in [-0.2, -0.15) is 0 Å². The Morgan fingerprint density at radius 1 is 1.00 bits per heavy atom. The van der Waals surface area contributed by atoms with Crippen molar-refractivity contribution in [2.45, 2.75) is 6.54 Å². The van der Waals surface area contributed by atoms with E-state index in [0.29, 0.717) is 5.65 Å². The van der Waals surface area contributed by atoms with Crippen LogP contribution in [0.4, 0.5) is 0 Å². The third-order valence-corrected chi connectivity index (χ3v) is 4.13. The monoisotopic (exact) mass is 338 g/mol. The molecule has 2 heterocycles. The van der Waals surface area contributed by atoms with Gasteiger partial charge in [-0.25, -0.2) is 15.0 Å². The molecule has 4 nitrogen and oxygen atoms in total. The molecule has 0 atom stereocenters. The number of aromatic nitrogens is 4. The van der Waals surface area contributed by atoms with Crippen molar-refractivity contribution >= 4 is 38.0 Å². The minimum absolute atomic E-state index is 0.678. The van der Waals surface area contributed by atoms with E-state index in [1.165, 1.54) is 16.3 Å². The molecule has 5 heteroatoms. The number of fused-ring (bicyclic) bond motifs is 2. The number of hydrogen-bond donors (Lipinski definition) is 0. The van der Waals surface area contributed by atoms with E-state index in [9.17, 15) is 0 Å². The average Bonchev–Trinajstić information content (AvgIpc) is 2.91. The minimum atomic E-state index is 0.678. The highest BCUT2D eigenvalue weighted by Crippen LogP contribution is 2.26. The SMILES string of the molecule is Brc1cc(Cn2cnc3nccnc32)cc2ccccc12. The van der Waals surface area contributed by atoms with Crippen LogP contribution in [0.3, 0.4) is 0 Å². The lowest BCUT2D eigenvalue weighted by atomic mass is 10.1. The minimum Gasteiger partial charge on any atom is -0.309 e. The van der Waals surface area contributed by atoms with Crippen molar-refractivity contribution in [3.05, 3.63) is 65.2 Å². The van der Waals surface area contributed by atoms with E-state index >= 15 is 0 Å². The smallest absolute Gasteiger partial charge is 0.197 e. The summed E-state index contributed by atoms with van der Waals surface area (Å²) < 4.78 is 3.12. The number of hydrogen-bond acceptors (Lipinski definition) is 3. The number of rotatable bonds is 2. The predicted molar refractivity (Wildman–Crippen MR) is 86.1 cm³/mol. The maximum Gasteiger partial charge on any atom is 0.197 e. The van der Waals surface area contributed by atoms with Crippen LogP contribution in [0.25, 0.3) is 22.1 Å². The molecule has 0 radical (unpaired) electrons. The van der Waals surface area contributed by atoms with Crippen molar-refractivity contribution in [3.8, 4) is 0 Å². The lowest BCUT2D eigenvalue weighted by Gasteiger charge is -2.07. The van der Waals surface area contributed by atoms with Gasteiger partial charge in [-0.3, -0.25) is 0 Å². The van der Waals surface area contributed by atoms with Crippen LogP contribution < -0.4 is 0 Å². The number of imidazole rings is 1. The molecule has 4 aromatic rings. The first-order valence-corrected chi connectivity index (χ1v) is 7.39. The quantitative estimate of drug-likeness (QED) is 0.558. The lowest BCUT2D eigenvalue weighted by molar-refractivity contribution is 0.814. The van der Waals surface area contributed by atoms with Crippen molar-refractivity contribution in [1.82, 2.24) is 19.5 Å². The lowest BCUT2D eigenvalue weighted by Crippen LogP contribution is -1.99. The van der Waals surface area contributed by atoms with Crippen molar-refractivity contribution in [3.63, 3.8) is 0 Å². The Morgan fingerprint density at radius 2 is 1.86 bits per heavy atom. The molecule has 0 spiro atoms. The third kappa shape index (κ3) is 2.19. The first-order chi connectivity index (χ1) is 10.3. The molecular formula is C16H11BrN4. The maximum atomic E-state index is 4.35. The van der Waals surface area contributed by atoms with Crippen LogP contribution in [0.2, 0.25) is 0 Å². The van der Waals surface area contributed by atoms with Gasteiger partial charge in [0.15, 0.2) is 11.3 Å². The Balaban J connectivity index is 1.80. The van der Waals surface area contributed by atoms with Gasteiger partial charge in [0.1, 0.15) is 0 Å². The zero-order valence-corrected chi connectivity index (χ0v) is 12.7. The number of nitrogens with zero attached hydrogens (tertiary/aromatic N) is 4. The van der Waals surface area contributed by atoms with Gasteiger partial charge in [0.2, 0.25) is 0 Å². The van der Waals surface area contributed by atoms with E-state index in [-0.39, 0.29) is 0 Å². The molecule has 0 saturated heterocycles. The topological polar surface area (TPSA) is 43.6 Å². The summed E-state index contributed by atoms with van der Waals surface area (Å²) in [7, 11) is 0. The zero-order chi connectivity index (χ0) is 14.2. The molecule has 4 rings (SSSR count). The zero-order valence-electron chi connectivity index (χ0n) is 11.1. The van der Waals surface area contributed by atoms with Gasteiger partial charge >= 0.3 is 0 Å². The van der Waals surface area contributed by atoms with Crippen LogP contribution in [0, 0.1) is 0 Å². The molecule has 0 amide bonds. The Hall–Kier alpha value is -2.27. The van der Waals surface area contributed by atoms with E-state index in [1.807, 2.05) is 10.6 Å². The van der Waals surface area contributed by atoms with Gasteiger partial charge in [-0.15, -0.1) is 0 Å². The molecule has 0 bridgehead atoms.